The van der Waals surface area contributed by atoms with E-state index in [1.807, 2.05) is 0 Å². The van der Waals surface area contributed by atoms with Gasteiger partial charge in [0, 0.05) is 6.61 Å². The summed E-state index contributed by atoms with van der Waals surface area (Å²) in [5.74, 6) is 0. The molecule has 1 nitrogen and oxygen atoms in total. The van der Waals surface area contributed by atoms with Crippen molar-refractivity contribution < 1.29 is 4.43 Å². The van der Waals surface area contributed by atoms with E-state index < -0.39 is 4.18 Å². The van der Waals surface area contributed by atoms with Gasteiger partial charge in [-0.15, -0.1) is 0 Å². The highest BCUT2D eigenvalue weighted by Crippen LogP contribution is 2.28. The molecule has 0 aliphatic heterocycles. The molecular formula is C4H9Br3OSi. The van der Waals surface area contributed by atoms with Gasteiger partial charge in [-0.3, -0.25) is 0 Å². The summed E-state index contributed by atoms with van der Waals surface area (Å²) in [6.07, 6.45) is 2.30. The van der Waals surface area contributed by atoms with Gasteiger partial charge < -0.3 is 4.43 Å². The predicted molar refractivity (Wildman–Crippen MR) is 53.4 cm³/mol. The summed E-state index contributed by atoms with van der Waals surface area (Å²) in [5.41, 5.74) is 0. The molecule has 0 rings (SSSR count). The summed E-state index contributed by atoms with van der Waals surface area (Å²) in [5, 5.41) is 0. The minimum atomic E-state index is -1.76. The molecule has 0 unspecified atom stereocenters. The van der Waals surface area contributed by atoms with Gasteiger partial charge >= 0.3 is 4.18 Å². The van der Waals surface area contributed by atoms with Crippen molar-refractivity contribution in [3.63, 3.8) is 0 Å². The van der Waals surface area contributed by atoms with Crippen LogP contribution >= 0.6 is 45.9 Å². The van der Waals surface area contributed by atoms with E-state index in [4.69, 9.17) is 4.43 Å². The number of rotatable bonds is 4. The lowest BCUT2D eigenvalue weighted by Gasteiger charge is -2.09. The molecule has 0 bridgehead atoms. The number of unbranched alkanes of at least 4 members (excludes halogenated alkanes) is 1. The lowest BCUT2D eigenvalue weighted by Crippen LogP contribution is -2.14. The monoisotopic (exact) mass is 338 g/mol. The zero-order valence-electron chi connectivity index (χ0n) is 5.16. The van der Waals surface area contributed by atoms with E-state index in [2.05, 4.69) is 52.8 Å². The van der Waals surface area contributed by atoms with Crippen molar-refractivity contribution in [2.45, 2.75) is 19.8 Å². The van der Waals surface area contributed by atoms with Crippen LogP contribution in [0.3, 0.4) is 0 Å². The molecule has 0 radical (unpaired) electrons. The maximum absolute atomic E-state index is 5.36. The molecule has 0 aromatic heterocycles. The van der Waals surface area contributed by atoms with Gasteiger partial charge in [-0.1, -0.05) is 59.2 Å². The summed E-state index contributed by atoms with van der Waals surface area (Å²) >= 11 is 10.1. The molecule has 0 N–H and O–H groups in total. The molecular weight excluding hydrogens is 332 g/mol. The Balaban J connectivity index is 3.07. The van der Waals surface area contributed by atoms with Crippen molar-refractivity contribution in [3.05, 3.63) is 0 Å². The highest BCUT2D eigenvalue weighted by Gasteiger charge is 2.23. The Morgan fingerprint density at radius 3 is 2.22 bits per heavy atom. The molecule has 0 saturated carbocycles. The van der Waals surface area contributed by atoms with E-state index in [1.165, 1.54) is 6.42 Å². The highest BCUT2D eigenvalue weighted by molar-refractivity contribution is 9.71. The second-order valence-corrected chi connectivity index (χ2v) is 22.5. The summed E-state index contributed by atoms with van der Waals surface area (Å²) in [6, 6.07) is 0. The predicted octanol–water partition coefficient (Wildman–Crippen LogP) is 3.42. The van der Waals surface area contributed by atoms with Crippen molar-refractivity contribution >= 4 is 50.1 Å². The molecule has 0 spiro atoms. The Kier molecular flexibility index (Phi) is 6.24. The Bertz CT molecular complexity index is 72.7. The molecule has 0 atom stereocenters. The fourth-order valence-corrected chi connectivity index (χ4v) is 2.16. The SMILES string of the molecule is CCCCO[Si](Br)(Br)Br. The highest BCUT2D eigenvalue weighted by atomic mass is 80.0. The van der Waals surface area contributed by atoms with Crippen LogP contribution in [-0.4, -0.2) is 10.8 Å². The van der Waals surface area contributed by atoms with Crippen LogP contribution in [0, 0.1) is 0 Å². The lowest BCUT2D eigenvalue weighted by molar-refractivity contribution is 0.331. The van der Waals surface area contributed by atoms with Crippen molar-refractivity contribution in [1.29, 1.82) is 0 Å². The summed E-state index contributed by atoms with van der Waals surface area (Å²) in [7, 11) is 0. The average Bonchev–Trinajstić information content (AvgIpc) is 1.63. The van der Waals surface area contributed by atoms with Crippen LogP contribution in [0.1, 0.15) is 19.8 Å². The van der Waals surface area contributed by atoms with E-state index in [0.717, 1.165) is 13.0 Å². The van der Waals surface area contributed by atoms with Gasteiger partial charge in [-0.05, 0) is 6.42 Å². The standard InChI is InChI=1S/C4H9Br3OSi/c1-2-3-4-8-9(5,6)7/h2-4H2,1H3. The third-order valence-electron chi connectivity index (χ3n) is 0.764. The van der Waals surface area contributed by atoms with E-state index in [-0.39, 0.29) is 0 Å². The van der Waals surface area contributed by atoms with Crippen LogP contribution < -0.4 is 0 Å². The van der Waals surface area contributed by atoms with Crippen molar-refractivity contribution in [3.8, 4) is 0 Å². The van der Waals surface area contributed by atoms with Crippen LogP contribution in [0.15, 0.2) is 0 Å². The number of hydrogen-bond donors (Lipinski definition) is 0. The van der Waals surface area contributed by atoms with Gasteiger partial charge in [0.15, 0.2) is 0 Å². The van der Waals surface area contributed by atoms with Crippen LogP contribution in [0.4, 0.5) is 0 Å². The van der Waals surface area contributed by atoms with Gasteiger partial charge in [0.05, 0.1) is 0 Å². The molecule has 0 fully saturated rings. The smallest absolute Gasteiger partial charge is 0.391 e. The minimum absolute atomic E-state index is 0.824. The maximum Gasteiger partial charge on any atom is 0.409 e. The Morgan fingerprint density at radius 1 is 1.33 bits per heavy atom. The molecule has 0 aromatic carbocycles. The second kappa shape index (κ2) is 5.29. The van der Waals surface area contributed by atoms with Gasteiger partial charge in [-0.25, -0.2) is 0 Å². The first-order chi connectivity index (χ1) is 4.06. The Hall–Kier alpha value is 1.62. The molecule has 0 aliphatic carbocycles. The summed E-state index contributed by atoms with van der Waals surface area (Å²) < 4.78 is 3.60. The largest absolute Gasteiger partial charge is 0.409 e. The first-order valence-electron chi connectivity index (χ1n) is 2.77. The van der Waals surface area contributed by atoms with E-state index in [9.17, 15) is 0 Å². The third-order valence-corrected chi connectivity index (χ3v) is 3.36. The van der Waals surface area contributed by atoms with Gasteiger partial charge in [0.2, 0.25) is 0 Å². The van der Waals surface area contributed by atoms with Crippen LogP contribution in [0.2, 0.25) is 0 Å². The maximum atomic E-state index is 5.36. The summed E-state index contributed by atoms with van der Waals surface area (Å²) in [4.78, 5) is 0. The molecule has 5 heteroatoms. The van der Waals surface area contributed by atoms with Crippen LogP contribution in [-0.2, 0) is 4.43 Å². The van der Waals surface area contributed by atoms with E-state index in [1.54, 1.807) is 0 Å². The zero-order valence-corrected chi connectivity index (χ0v) is 10.9. The molecule has 0 aromatic rings. The number of halogens is 3. The summed E-state index contributed by atoms with van der Waals surface area (Å²) in [6.45, 7) is 2.97. The lowest BCUT2D eigenvalue weighted by atomic mass is 10.4. The van der Waals surface area contributed by atoms with E-state index >= 15 is 0 Å². The topological polar surface area (TPSA) is 9.23 Å². The number of hydrogen-bond acceptors (Lipinski definition) is 1. The van der Waals surface area contributed by atoms with Gasteiger partial charge in [0.25, 0.3) is 0 Å². The van der Waals surface area contributed by atoms with Gasteiger partial charge in [0.1, 0.15) is 0 Å². The van der Waals surface area contributed by atoms with Crippen molar-refractivity contribution in [2.75, 3.05) is 6.61 Å². The molecule has 56 valence electrons. The van der Waals surface area contributed by atoms with Gasteiger partial charge in [-0.2, -0.15) is 0 Å². The quantitative estimate of drug-likeness (QED) is 0.433. The first kappa shape index (κ1) is 10.6. The Morgan fingerprint density at radius 2 is 1.89 bits per heavy atom. The molecule has 0 amide bonds. The van der Waals surface area contributed by atoms with Crippen LogP contribution in [0.25, 0.3) is 0 Å². The van der Waals surface area contributed by atoms with E-state index in [0.29, 0.717) is 0 Å². The first-order valence-corrected chi connectivity index (χ1v) is 11.4. The van der Waals surface area contributed by atoms with Crippen molar-refractivity contribution in [1.82, 2.24) is 0 Å². The zero-order chi connectivity index (χ0) is 7.33. The fourth-order valence-electron chi connectivity index (χ4n) is 0.332. The normalized spacial score (nSPS) is 12.0. The minimum Gasteiger partial charge on any atom is -0.391 e. The molecule has 0 heterocycles. The molecule has 0 saturated heterocycles. The fraction of sp³-hybridized carbons (Fsp3) is 1.00. The third kappa shape index (κ3) is 9.62. The van der Waals surface area contributed by atoms with Crippen molar-refractivity contribution in [2.24, 2.45) is 0 Å². The van der Waals surface area contributed by atoms with Crippen LogP contribution in [0.5, 0.6) is 0 Å². The second-order valence-electron chi connectivity index (χ2n) is 1.65. The molecule has 9 heavy (non-hydrogen) atoms. The average molecular weight is 341 g/mol. The Labute approximate surface area is 80.4 Å². The molecule has 0 aliphatic rings.